The number of carbonyl (C=O) groups is 2. The summed E-state index contributed by atoms with van der Waals surface area (Å²) in [5.74, 6) is -0.329. The molecule has 3 aromatic rings. The van der Waals surface area contributed by atoms with Gasteiger partial charge >= 0.3 is 5.97 Å². The molecule has 1 atom stereocenters. The SMILES string of the molecule is COC(=O)c1ccc(NN2C=C(Cc3c(Cl)cccc3Cl)n3ccnc3C2C(N)=O)c(OC)c1. The van der Waals surface area contributed by atoms with E-state index in [1.807, 2.05) is 0 Å². The van der Waals surface area contributed by atoms with Gasteiger partial charge in [-0.3, -0.25) is 15.2 Å². The molecule has 1 aliphatic heterocycles. The van der Waals surface area contributed by atoms with Crippen molar-refractivity contribution in [1.29, 1.82) is 0 Å². The number of benzene rings is 2. The quantitative estimate of drug-likeness (QED) is 0.472. The van der Waals surface area contributed by atoms with Gasteiger partial charge in [0.2, 0.25) is 5.91 Å². The van der Waals surface area contributed by atoms with Crippen LogP contribution < -0.4 is 15.9 Å². The maximum absolute atomic E-state index is 12.4. The highest BCUT2D eigenvalue weighted by Gasteiger charge is 2.34. The van der Waals surface area contributed by atoms with Crippen molar-refractivity contribution < 1.29 is 19.1 Å². The molecule has 0 saturated heterocycles. The number of nitrogens with zero attached hydrogens (tertiary/aromatic N) is 3. The van der Waals surface area contributed by atoms with E-state index in [-0.39, 0.29) is 0 Å². The molecule has 3 N–H and O–H groups in total. The highest BCUT2D eigenvalue weighted by Crippen LogP contribution is 2.35. The van der Waals surface area contributed by atoms with Crippen molar-refractivity contribution in [3.63, 3.8) is 0 Å². The maximum atomic E-state index is 12.4. The number of carbonyl (C=O) groups excluding carboxylic acids is 2. The zero-order valence-electron chi connectivity index (χ0n) is 18.3. The Bertz CT molecular complexity index is 1270. The van der Waals surface area contributed by atoms with Crippen molar-refractivity contribution in [2.45, 2.75) is 12.5 Å². The molecular formula is C23H21Cl2N5O4. The lowest BCUT2D eigenvalue weighted by molar-refractivity contribution is -0.122. The van der Waals surface area contributed by atoms with Gasteiger partial charge in [0, 0.05) is 40.8 Å². The summed E-state index contributed by atoms with van der Waals surface area (Å²) in [4.78, 5) is 28.7. The number of nitrogens with two attached hydrogens (primary N) is 1. The smallest absolute Gasteiger partial charge is 0.337 e. The van der Waals surface area contributed by atoms with Crippen molar-refractivity contribution in [1.82, 2.24) is 14.6 Å². The van der Waals surface area contributed by atoms with E-state index in [2.05, 4.69) is 10.4 Å². The number of fused-ring (bicyclic) bond motifs is 1. The molecule has 2 heterocycles. The predicted molar refractivity (Wildman–Crippen MR) is 128 cm³/mol. The highest BCUT2D eigenvalue weighted by molar-refractivity contribution is 6.36. The fourth-order valence-corrected chi connectivity index (χ4v) is 4.25. The second kappa shape index (κ2) is 9.66. The number of aromatic nitrogens is 2. The van der Waals surface area contributed by atoms with Crippen LogP contribution in [-0.2, 0) is 16.0 Å². The van der Waals surface area contributed by atoms with E-state index in [1.165, 1.54) is 20.3 Å². The Morgan fingerprint density at radius 2 is 1.91 bits per heavy atom. The van der Waals surface area contributed by atoms with Crippen LogP contribution in [0.5, 0.6) is 5.75 Å². The van der Waals surface area contributed by atoms with Crippen LogP contribution in [0.1, 0.15) is 27.8 Å². The summed E-state index contributed by atoms with van der Waals surface area (Å²) in [7, 11) is 2.77. The Morgan fingerprint density at radius 3 is 2.56 bits per heavy atom. The number of hydrazine groups is 1. The fourth-order valence-electron chi connectivity index (χ4n) is 3.72. The van der Waals surface area contributed by atoms with E-state index in [4.69, 9.17) is 38.4 Å². The zero-order valence-corrected chi connectivity index (χ0v) is 19.8. The van der Waals surface area contributed by atoms with Gasteiger partial charge in [0.05, 0.1) is 25.5 Å². The molecular weight excluding hydrogens is 481 g/mol. The van der Waals surface area contributed by atoms with Crippen LogP contribution in [0.25, 0.3) is 5.70 Å². The molecule has 9 nitrogen and oxygen atoms in total. The summed E-state index contributed by atoms with van der Waals surface area (Å²) in [6.07, 6.45) is 5.43. The number of amides is 1. The van der Waals surface area contributed by atoms with Crippen LogP contribution >= 0.6 is 23.2 Å². The predicted octanol–water partition coefficient (Wildman–Crippen LogP) is 3.90. The van der Waals surface area contributed by atoms with E-state index in [0.29, 0.717) is 39.3 Å². The molecule has 0 radical (unpaired) electrons. The second-order valence-corrected chi connectivity index (χ2v) is 8.20. The molecule has 1 unspecified atom stereocenters. The number of primary amides is 1. The highest BCUT2D eigenvalue weighted by atomic mass is 35.5. The number of ether oxygens (including phenoxy) is 2. The Hall–Kier alpha value is -3.69. The number of allylic oxidation sites excluding steroid dienone is 1. The van der Waals surface area contributed by atoms with E-state index in [1.54, 1.807) is 58.5 Å². The molecule has 176 valence electrons. The Morgan fingerprint density at radius 1 is 1.18 bits per heavy atom. The minimum Gasteiger partial charge on any atom is -0.494 e. The van der Waals surface area contributed by atoms with Crippen LogP contribution in [0.2, 0.25) is 10.0 Å². The number of esters is 1. The lowest BCUT2D eigenvalue weighted by Gasteiger charge is -2.35. The average Bonchev–Trinajstić information content (AvgIpc) is 3.30. The standard InChI is InChI=1S/C23H21Cl2N5O4/c1-33-19-10-13(23(32)34-2)6-7-18(19)28-30-12-14(11-15-16(24)4-3-5-17(15)25)29-9-8-27-22(29)20(30)21(26)31/h3-10,12,20,28H,11H2,1-2H3,(H2,26,31). The molecule has 0 bridgehead atoms. The van der Waals surface area contributed by atoms with Gasteiger partial charge in [-0.15, -0.1) is 0 Å². The molecule has 0 saturated carbocycles. The van der Waals surface area contributed by atoms with Crippen LogP contribution in [0, 0.1) is 0 Å². The number of nitrogens with one attached hydrogen (secondary N) is 1. The van der Waals surface area contributed by atoms with Gasteiger partial charge in [0.25, 0.3) is 0 Å². The fraction of sp³-hybridized carbons (Fsp3) is 0.174. The van der Waals surface area contributed by atoms with Crippen LogP contribution in [0.3, 0.4) is 0 Å². The zero-order chi connectivity index (χ0) is 24.4. The Kier molecular flexibility index (Phi) is 6.67. The van der Waals surface area contributed by atoms with Crippen molar-refractivity contribution in [2.75, 3.05) is 19.6 Å². The maximum Gasteiger partial charge on any atom is 0.337 e. The third-order valence-corrected chi connectivity index (χ3v) is 6.06. The topological polar surface area (TPSA) is 112 Å². The largest absolute Gasteiger partial charge is 0.494 e. The van der Waals surface area contributed by atoms with Gasteiger partial charge < -0.3 is 19.8 Å². The minimum atomic E-state index is -0.926. The minimum absolute atomic E-state index is 0.315. The van der Waals surface area contributed by atoms with Crippen LogP contribution in [0.4, 0.5) is 5.69 Å². The van der Waals surface area contributed by atoms with Crippen molar-refractivity contribution in [3.05, 3.63) is 82.0 Å². The summed E-state index contributed by atoms with van der Waals surface area (Å²) in [6, 6.07) is 9.12. The summed E-state index contributed by atoms with van der Waals surface area (Å²) < 4.78 is 12.0. The van der Waals surface area contributed by atoms with E-state index in [0.717, 1.165) is 11.3 Å². The first-order chi connectivity index (χ1) is 16.3. The first-order valence-electron chi connectivity index (χ1n) is 10.1. The monoisotopic (exact) mass is 501 g/mol. The van der Waals surface area contributed by atoms with E-state index in [9.17, 15) is 9.59 Å². The van der Waals surface area contributed by atoms with Gasteiger partial charge in [-0.05, 0) is 35.9 Å². The molecule has 1 aliphatic rings. The lowest BCUT2D eigenvalue weighted by atomic mass is 10.1. The average molecular weight is 502 g/mol. The molecule has 0 fully saturated rings. The molecule has 4 rings (SSSR count). The normalized spacial score (nSPS) is 14.8. The summed E-state index contributed by atoms with van der Waals surface area (Å²) in [5.41, 5.74) is 11.2. The third kappa shape index (κ3) is 4.40. The molecule has 1 aromatic heterocycles. The molecule has 0 spiro atoms. The van der Waals surface area contributed by atoms with Gasteiger partial charge in [-0.25, -0.2) is 9.78 Å². The molecule has 1 amide bonds. The number of imidazole rings is 1. The first kappa shape index (κ1) is 23.5. The molecule has 2 aromatic carbocycles. The second-order valence-electron chi connectivity index (χ2n) is 7.38. The Balaban J connectivity index is 1.75. The number of methoxy groups -OCH3 is 2. The Labute approximate surface area is 205 Å². The third-order valence-electron chi connectivity index (χ3n) is 5.35. The summed E-state index contributed by atoms with van der Waals surface area (Å²) >= 11 is 12.8. The first-order valence-corrected chi connectivity index (χ1v) is 10.9. The van der Waals surface area contributed by atoms with Crippen molar-refractivity contribution >= 4 is 46.5 Å². The number of anilines is 1. The number of halogens is 2. The number of hydrogen-bond acceptors (Lipinski definition) is 7. The van der Waals surface area contributed by atoms with Gasteiger partial charge in [0.15, 0.2) is 6.04 Å². The van der Waals surface area contributed by atoms with Crippen molar-refractivity contribution in [2.24, 2.45) is 5.73 Å². The number of hydrogen-bond donors (Lipinski definition) is 2. The van der Waals surface area contributed by atoms with Gasteiger partial charge in [-0.1, -0.05) is 29.3 Å². The molecule has 11 heteroatoms. The van der Waals surface area contributed by atoms with Gasteiger partial charge in [0.1, 0.15) is 11.6 Å². The van der Waals surface area contributed by atoms with Gasteiger partial charge in [-0.2, -0.15) is 0 Å². The molecule has 34 heavy (non-hydrogen) atoms. The summed E-state index contributed by atoms with van der Waals surface area (Å²) in [5, 5.41) is 2.58. The van der Waals surface area contributed by atoms with Crippen molar-refractivity contribution in [3.8, 4) is 5.75 Å². The van der Waals surface area contributed by atoms with E-state index < -0.39 is 17.9 Å². The summed E-state index contributed by atoms with van der Waals surface area (Å²) in [6.45, 7) is 0. The van der Waals surface area contributed by atoms with Crippen LogP contribution in [0.15, 0.2) is 55.0 Å². The molecule has 0 aliphatic carbocycles. The van der Waals surface area contributed by atoms with E-state index >= 15 is 0 Å². The lowest BCUT2D eigenvalue weighted by Crippen LogP contribution is -2.42. The number of rotatable bonds is 7. The van der Waals surface area contributed by atoms with Crippen LogP contribution in [-0.4, -0.2) is 40.7 Å².